The molecule has 5 nitrogen and oxygen atoms in total. The van der Waals surface area contributed by atoms with Gasteiger partial charge in [0, 0.05) is 12.1 Å². The molecule has 0 saturated heterocycles. The number of carboxylic acids is 1. The lowest BCUT2D eigenvalue weighted by molar-refractivity contribution is -0.139. The SMILES string of the molecule is COc1cc([C@@H](C)NC2CC[C@@H](c3cc(OCC(=O)O)cc(C(F)(F)F)c3)C2)ccc1F. The highest BCUT2D eigenvalue weighted by Crippen LogP contribution is 2.40. The molecule has 0 bridgehead atoms. The summed E-state index contributed by atoms with van der Waals surface area (Å²) in [5.74, 6) is -1.80. The normalized spacial score (nSPS) is 19.6. The second kappa shape index (κ2) is 9.77. The Bertz CT molecular complexity index is 963. The van der Waals surface area contributed by atoms with Crippen LogP contribution in [0.1, 0.15) is 54.8 Å². The molecule has 3 atom stereocenters. The van der Waals surface area contributed by atoms with Crippen molar-refractivity contribution in [3.05, 3.63) is 58.9 Å². The van der Waals surface area contributed by atoms with Gasteiger partial charge in [-0.2, -0.15) is 13.2 Å². The van der Waals surface area contributed by atoms with Crippen molar-refractivity contribution in [2.75, 3.05) is 13.7 Å². The molecule has 174 valence electrons. The van der Waals surface area contributed by atoms with E-state index in [1.54, 1.807) is 12.1 Å². The van der Waals surface area contributed by atoms with Gasteiger partial charge in [0.25, 0.3) is 0 Å². The van der Waals surface area contributed by atoms with Crippen molar-refractivity contribution in [3.63, 3.8) is 0 Å². The molecule has 0 heterocycles. The molecule has 2 aromatic rings. The van der Waals surface area contributed by atoms with Crippen molar-refractivity contribution in [1.29, 1.82) is 0 Å². The number of carbonyl (C=O) groups is 1. The van der Waals surface area contributed by atoms with Crippen LogP contribution >= 0.6 is 0 Å². The number of methoxy groups -OCH3 is 1. The monoisotopic (exact) mass is 455 g/mol. The van der Waals surface area contributed by atoms with E-state index in [0.717, 1.165) is 24.1 Å². The molecule has 0 spiro atoms. The van der Waals surface area contributed by atoms with Crippen molar-refractivity contribution < 1.29 is 36.9 Å². The molecule has 0 aliphatic heterocycles. The summed E-state index contributed by atoms with van der Waals surface area (Å²) in [5.41, 5.74) is 0.453. The molecule has 3 rings (SSSR count). The Hall–Kier alpha value is -2.81. The highest BCUT2D eigenvalue weighted by Gasteiger charge is 2.34. The topological polar surface area (TPSA) is 67.8 Å². The first kappa shape index (κ1) is 23.8. The largest absolute Gasteiger partial charge is 0.494 e. The third kappa shape index (κ3) is 5.91. The van der Waals surface area contributed by atoms with Crippen LogP contribution in [0.5, 0.6) is 11.5 Å². The first-order chi connectivity index (χ1) is 15.1. The van der Waals surface area contributed by atoms with E-state index in [2.05, 4.69) is 5.32 Å². The molecule has 1 aliphatic rings. The fourth-order valence-electron chi connectivity index (χ4n) is 4.08. The maximum atomic E-state index is 13.7. The summed E-state index contributed by atoms with van der Waals surface area (Å²) in [6.45, 7) is 1.22. The number of hydrogen-bond acceptors (Lipinski definition) is 4. The molecule has 9 heteroatoms. The Morgan fingerprint density at radius 1 is 1.22 bits per heavy atom. The lowest BCUT2D eigenvalue weighted by Crippen LogP contribution is -2.29. The summed E-state index contributed by atoms with van der Waals surface area (Å²) in [4.78, 5) is 10.7. The molecular weight excluding hydrogens is 430 g/mol. The molecule has 1 aliphatic carbocycles. The summed E-state index contributed by atoms with van der Waals surface area (Å²) >= 11 is 0. The van der Waals surface area contributed by atoms with Crippen LogP contribution in [0.3, 0.4) is 0 Å². The Labute approximate surface area is 183 Å². The fourth-order valence-corrected chi connectivity index (χ4v) is 4.08. The van der Waals surface area contributed by atoms with E-state index < -0.39 is 30.1 Å². The standard InChI is InChI=1S/C23H25F4NO4/c1-13(14-4-6-20(24)21(10-14)31-2)28-18-5-3-15(8-18)16-7-17(23(25,26)27)11-19(9-16)32-12-22(29)30/h4,6-7,9-11,13,15,18,28H,3,5,8,12H2,1-2H3,(H,29,30)/t13-,15-,18?/m1/s1. The minimum Gasteiger partial charge on any atom is -0.494 e. The number of benzene rings is 2. The van der Waals surface area contributed by atoms with E-state index in [1.165, 1.54) is 19.2 Å². The number of carboxylic acid groups (broad SMARTS) is 1. The Morgan fingerprint density at radius 3 is 2.62 bits per heavy atom. The Balaban J connectivity index is 1.72. The maximum Gasteiger partial charge on any atom is 0.416 e. The number of halogens is 4. The first-order valence-corrected chi connectivity index (χ1v) is 10.2. The summed E-state index contributed by atoms with van der Waals surface area (Å²) in [6, 6.07) is 7.99. The average molecular weight is 455 g/mol. The number of ether oxygens (including phenoxy) is 2. The van der Waals surface area contributed by atoms with Crippen molar-refractivity contribution >= 4 is 5.97 Å². The quantitative estimate of drug-likeness (QED) is 0.529. The molecule has 0 amide bonds. The third-order valence-electron chi connectivity index (χ3n) is 5.68. The minimum absolute atomic E-state index is 0.0592. The van der Waals surface area contributed by atoms with Gasteiger partial charge in [-0.05, 0) is 73.6 Å². The van der Waals surface area contributed by atoms with Crippen LogP contribution in [-0.2, 0) is 11.0 Å². The highest BCUT2D eigenvalue weighted by atomic mass is 19.4. The van der Waals surface area contributed by atoms with E-state index in [-0.39, 0.29) is 29.5 Å². The summed E-state index contributed by atoms with van der Waals surface area (Å²) in [5, 5.41) is 12.2. The number of hydrogen-bond donors (Lipinski definition) is 2. The molecule has 0 aromatic heterocycles. The maximum absolute atomic E-state index is 13.7. The van der Waals surface area contributed by atoms with Crippen molar-refractivity contribution in [1.82, 2.24) is 5.32 Å². The van der Waals surface area contributed by atoms with Gasteiger partial charge in [0.15, 0.2) is 18.2 Å². The van der Waals surface area contributed by atoms with Gasteiger partial charge in [-0.25, -0.2) is 9.18 Å². The van der Waals surface area contributed by atoms with Gasteiger partial charge in [0.2, 0.25) is 0 Å². The molecule has 32 heavy (non-hydrogen) atoms. The van der Waals surface area contributed by atoms with Crippen LogP contribution in [0.15, 0.2) is 36.4 Å². The van der Waals surface area contributed by atoms with Crippen molar-refractivity contribution in [3.8, 4) is 11.5 Å². The van der Waals surface area contributed by atoms with Gasteiger partial charge in [0.05, 0.1) is 12.7 Å². The lowest BCUT2D eigenvalue weighted by Gasteiger charge is -2.21. The van der Waals surface area contributed by atoms with Gasteiger partial charge in [-0.15, -0.1) is 0 Å². The number of aliphatic carboxylic acids is 1. The summed E-state index contributed by atoms with van der Waals surface area (Å²) in [7, 11) is 1.39. The number of alkyl halides is 3. The highest BCUT2D eigenvalue weighted by molar-refractivity contribution is 5.68. The van der Waals surface area contributed by atoms with Crippen LogP contribution in [-0.4, -0.2) is 30.8 Å². The first-order valence-electron chi connectivity index (χ1n) is 10.2. The van der Waals surface area contributed by atoms with E-state index in [4.69, 9.17) is 14.6 Å². The van der Waals surface area contributed by atoms with E-state index in [0.29, 0.717) is 18.4 Å². The van der Waals surface area contributed by atoms with Crippen LogP contribution in [0.25, 0.3) is 0 Å². The van der Waals surface area contributed by atoms with Gasteiger partial charge >= 0.3 is 12.1 Å². The van der Waals surface area contributed by atoms with Gasteiger partial charge in [0.1, 0.15) is 5.75 Å². The fraction of sp³-hybridized carbons (Fsp3) is 0.435. The third-order valence-corrected chi connectivity index (χ3v) is 5.68. The van der Waals surface area contributed by atoms with Gasteiger partial charge in [-0.3, -0.25) is 0 Å². The average Bonchev–Trinajstić information content (AvgIpc) is 3.20. The number of nitrogens with one attached hydrogen (secondary N) is 1. The summed E-state index contributed by atoms with van der Waals surface area (Å²) in [6.07, 6.45) is -2.52. The Morgan fingerprint density at radius 2 is 1.97 bits per heavy atom. The summed E-state index contributed by atoms with van der Waals surface area (Å²) < 4.78 is 63.7. The molecule has 2 N–H and O–H groups in total. The second-order valence-electron chi connectivity index (χ2n) is 7.96. The molecule has 2 aromatic carbocycles. The van der Waals surface area contributed by atoms with Gasteiger partial charge in [-0.1, -0.05) is 6.07 Å². The van der Waals surface area contributed by atoms with Gasteiger partial charge < -0.3 is 19.9 Å². The second-order valence-corrected chi connectivity index (χ2v) is 7.96. The predicted octanol–water partition coefficient (Wildman–Crippen LogP) is 5.30. The zero-order valence-corrected chi connectivity index (χ0v) is 17.7. The lowest BCUT2D eigenvalue weighted by atomic mass is 9.95. The van der Waals surface area contributed by atoms with E-state index in [9.17, 15) is 22.4 Å². The molecule has 0 radical (unpaired) electrons. The smallest absolute Gasteiger partial charge is 0.416 e. The van der Waals surface area contributed by atoms with Crippen molar-refractivity contribution in [2.24, 2.45) is 0 Å². The molecule has 1 fully saturated rings. The van der Waals surface area contributed by atoms with Crippen LogP contribution in [0, 0.1) is 5.82 Å². The zero-order chi connectivity index (χ0) is 23.5. The van der Waals surface area contributed by atoms with Crippen molar-refractivity contribution in [2.45, 2.75) is 50.4 Å². The predicted molar refractivity (Wildman–Crippen MR) is 109 cm³/mol. The number of rotatable bonds is 8. The molecule has 1 unspecified atom stereocenters. The Kier molecular flexibility index (Phi) is 7.28. The minimum atomic E-state index is -4.57. The van der Waals surface area contributed by atoms with E-state index >= 15 is 0 Å². The molecule has 1 saturated carbocycles. The van der Waals surface area contributed by atoms with Crippen LogP contribution < -0.4 is 14.8 Å². The van der Waals surface area contributed by atoms with Crippen LogP contribution in [0.2, 0.25) is 0 Å². The van der Waals surface area contributed by atoms with Crippen LogP contribution in [0.4, 0.5) is 17.6 Å². The van der Waals surface area contributed by atoms with E-state index in [1.807, 2.05) is 6.92 Å². The zero-order valence-electron chi connectivity index (χ0n) is 17.7. The molecular formula is C23H25F4NO4.